The summed E-state index contributed by atoms with van der Waals surface area (Å²) in [6.45, 7) is 0. The summed E-state index contributed by atoms with van der Waals surface area (Å²) in [5.74, 6) is -159. The van der Waals surface area contributed by atoms with Gasteiger partial charge in [0.15, 0.2) is 0 Å². The first-order valence-electron chi connectivity index (χ1n) is 32.6. The molecule has 0 radical (unpaired) electrons. The molecular weight excluding hydrogens is 2060 g/mol. The van der Waals surface area contributed by atoms with Gasteiger partial charge in [0.1, 0.15) is 0 Å². The number of alkyl halides is 52. The summed E-state index contributed by atoms with van der Waals surface area (Å²) in [5.41, 5.74) is -3.91. The Bertz CT molecular complexity index is 4030. The third-order valence-electron chi connectivity index (χ3n) is 18.8. The van der Waals surface area contributed by atoms with Crippen molar-refractivity contribution in [3.63, 3.8) is 0 Å². The van der Waals surface area contributed by atoms with Crippen LogP contribution >= 0.6 is 10.7 Å². The minimum atomic E-state index is -8.44. The van der Waals surface area contributed by atoms with E-state index in [4.69, 9.17) is 0 Å². The van der Waals surface area contributed by atoms with Crippen LogP contribution in [0.3, 0.4) is 0 Å². The van der Waals surface area contributed by atoms with Gasteiger partial charge in [-0.3, -0.25) is 0 Å². The van der Waals surface area contributed by atoms with Crippen molar-refractivity contribution in [1.82, 2.24) is 0 Å². The van der Waals surface area contributed by atoms with Gasteiger partial charge >= 0.3 is 610 Å². The second kappa shape index (κ2) is 32.8. The summed E-state index contributed by atoms with van der Waals surface area (Å²) in [5, 5.41) is -12.8. The Morgan fingerprint density at radius 2 is 0.285 bits per heavy atom. The molecule has 0 aromatic heterocycles. The molecule has 0 unspecified atom stereocenters. The third-order valence-corrected chi connectivity index (χ3v) is 54.4. The van der Waals surface area contributed by atoms with E-state index in [0.29, 0.717) is 97.1 Å². The molecular formula is C68H44F52P2Pt. The van der Waals surface area contributed by atoms with Gasteiger partial charge in [0.05, 0.1) is 0 Å². The molecule has 0 aliphatic carbocycles. The van der Waals surface area contributed by atoms with Gasteiger partial charge in [-0.2, -0.15) is 52.7 Å². The monoisotopic (exact) mass is 2110 g/mol. The van der Waals surface area contributed by atoms with E-state index in [1.54, 1.807) is 0 Å². The molecule has 55 heteroatoms. The Morgan fingerprint density at radius 1 is 0.154 bits per heavy atom. The van der Waals surface area contributed by atoms with Gasteiger partial charge in [0.25, 0.3) is 0 Å². The summed E-state index contributed by atoms with van der Waals surface area (Å²) < 4.78 is 740. The molecule has 0 amide bonds. The fourth-order valence-corrected chi connectivity index (χ4v) is 56.7. The van der Waals surface area contributed by atoms with E-state index >= 15 is 70.2 Å². The maximum absolute atomic E-state index is 15.4. The van der Waals surface area contributed by atoms with Crippen molar-refractivity contribution in [3.05, 3.63) is 180 Å². The summed E-state index contributed by atoms with van der Waals surface area (Å²) in [6, 6.07) is 19.7. The normalized spacial score (nSPS) is 15.7. The summed E-state index contributed by atoms with van der Waals surface area (Å²) in [4.78, 5) is 0. The van der Waals surface area contributed by atoms with E-state index in [1.165, 1.54) is 0 Å². The fourth-order valence-electron chi connectivity index (χ4n) is 11.4. The second-order valence-corrected chi connectivity index (χ2v) is 48.7. The van der Waals surface area contributed by atoms with Gasteiger partial charge in [-0.15, -0.1) is 0 Å². The molecule has 0 aliphatic rings. The van der Waals surface area contributed by atoms with Gasteiger partial charge in [-0.1, -0.05) is 0 Å². The molecule has 0 aliphatic heterocycles. The van der Waals surface area contributed by atoms with Crippen LogP contribution in [0.1, 0.15) is 47.9 Å². The zero-order valence-corrected chi connectivity index (χ0v) is 62.9. The van der Waals surface area contributed by atoms with Gasteiger partial charge in [-0.05, 0) is 0 Å². The van der Waals surface area contributed by atoms with Crippen LogP contribution in [0, 0.1) is 0 Å². The van der Waals surface area contributed by atoms with Crippen LogP contribution in [0.2, 0.25) is 0 Å². The number of benzene rings is 6. The molecule has 123 heavy (non-hydrogen) atoms. The molecule has 6 rings (SSSR count). The predicted octanol–water partition coefficient (Wildman–Crippen LogP) is 25.0. The molecule has 6 aromatic rings. The van der Waals surface area contributed by atoms with Crippen molar-refractivity contribution < 1.29 is 246 Å². The molecule has 0 saturated carbocycles. The number of halogens is 52. The van der Waals surface area contributed by atoms with Gasteiger partial charge < -0.3 is 0 Å². The van der Waals surface area contributed by atoms with Crippen LogP contribution in [0.4, 0.5) is 228 Å². The standard InChI is InChI=1S/2C34H21F26P.Pt/c2*35-23(36,25(39,40)27(43,44)29(47,48)31(51,52)33(55,56)57)16-14-18-6-10-21(11-7-18)61(20-4-2-1-3-5-20)22-12-8-19(9-13-22)15-17-24(37,38)26(41,42)28(45,46)30(49,50)32(53,54)34(58,59)60;/h2*1-13H,14-17H2;/q;;-2/p+2. The zero-order chi connectivity index (χ0) is 95.5. The summed E-state index contributed by atoms with van der Waals surface area (Å²) in [7, 11) is 0. The topological polar surface area (TPSA) is 0 Å². The predicted molar refractivity (Wildman–Crippen MR) is 330 cm³/mol. The van der Waals surface area contributed by atoms with Crippen LogP contribution in [0.25, 0.3) is 0 Å². The van der Waals surface area contributed by atoms with Crippen LogP contribution in [0.15, 0.2) is 158 Å². The van der Waals surface area contributed by atoms with E-state index < -0.39 is 266 Å². The van der Waals surface area contributed by atoms with Gasteiger partial charge in [0.2, 0.25) is 0 Å². The Hall–Kier alpha value is -6.77. The van der Waals surface area contributed by atoms with Crippen molar-refractivity contribution in [3.8, 4) is 0 Å². The first-order valence-corrected chi connectivity index (χ1v) is 43.0. The molecule has 0 atom stereocenters. The van der Waals surface area contributed by atoms with E-state index in [-0.39, 0.29) is 10.6 Å². The quantitative estimate of drug-likeness (QED) is 0.0272. The van der Waals surface area contributed by atoms with Crippen molar-refractivity contribution >= 4 is 42.5 Å². The Morgan fingerprint density at radius 3 is 0.423 bits per heavy atom. The number of hydrogen-bond acceptors (Lipinski definition) is 0. The van der Waals surface area contributed by atoms with Crippen LogP contribution in [-0.4, -0.2) is 143 Å². The van der Waals surface area contributed by atoms with Crippen LogP contribution in [0.5, 0.6) is 0 Å². The Balaban J connectivity index is 1.70. The van der Waals surface area contributed by atoms with Crippen molar-refractivity contribution in [2.45, 2.75) is 195 Å². The van der Waals surface area contributed by atoms with Crippen molar-refractivity contribution in [2.75, 3.05) is 0 Å². The number of hydrogen-bond donors (Lipinski definition) is 0. The Kier molecular flexibility index (Phi) is 28.0. The summed E-state index contributed by atoms with van der Waals surface area (Å²) >= 11 is -2.94. The van der Waals surface area contributed by atoms with E-state index in [2.05, 4.69) is 0 Å². The van der Waals surface area contributed by atoms with Crippen LogP contribution in [-0.2, 0) is 43.2 Å². The third kappa shape index (κ3) is 16.9. The molecule has 700 valence electrons. The first kappa shape index (κ1) is 105. The average Bonchev–Trinajstić information content (AvgIpc) is 0.725. The molecule has 0 heterocycles. The fraction of sp³-hybridized carbons (Fsp3) is 0.471. The molecule has 6 aromatic carbocycles. The van der Waals surface area contributed by atoms with Gasteiger partial charge in [0, 0.05) is 0 Å². The Labute approximate surface area is 661 Å². The number of rotatable bonds is 36. The molecule has 0 spiro atoms. The maximum atomic E-state index is 15.4. The van der Waals surface area contributed by atoms with Crippen molar-refractivity contribution in [2.24, 2.45) is 0 Å². The first-order chi connectivity index (χ1) is 54.7. The second-order valence-electron chi connectivity index (χ2n) is 26.8. The molecule has 0 fully saturated rings. The van der Waals surface area contributed by atoms with E-state index in [9.17, 15) is 158 Å². The van der Waals surface area contributed by atoms with Crippen molar-refractivity contribution in [1.29, 1.82) is 0 Å². The van der Waals surface area contributed by atoms with E-state index in [1.807, 2.05) is 0 Å². The molecule has 0 N–H and O–H groups in total. The van der Waals surface area contributed by atoms with E-state index in [0.717, 1.165) is 60.7 Å². The molecule has 0 bridgehead atoms. The number of aryl methyl sites for hydroxylation is 4. The van der Waals surface area contributed by atoms with Gasteiger partial charge in [-0.25, -0.2) is 0 Å². The minimum absolute atomic E-state index is 0.257. The molecule has 0 nitrogen and oxygen atoms in total. The zero-order valence-electron chi connectivity index (χ0n) is 58.6. The SMILES string of the molecule is FC(F)(F)C(F)(F)C(F)(F)C(F)(F)C(F)(F)C(F)(F)CCc1ccc([PH]([Pt][PH](c2ccccc2)(c2ccc(CCC(F)(F)C(F)(F)C(F)(F)C(F)(F)C(F)(F)C(F)(F)F)cc2)c2ccc(CCC(F)(F)C(F)(F)C(F)(F)C(F)(F)C(F)(F)C(F)(F)F)cc2)(c2ccccc2)c2ccc(CCC(F)(F)C(F)(F)C(F)(F)C(F)(F)C(F)(F)C(F)(F)F)cc2)cc1. The average molecular weight is 2110 g/mol. The van der Waals surface area contributed by atoms with Crippen LogP contribution < -0.4 is 31.8 Å². The molecule has 0 saturated heterocycles. The summed E-state index contributed by atoms with van der Waals surface area (Å²) in [6.07, 6.45) is -51.3.